The summed E-state index contributed by atoms with van der Waals surface area (Å²) in [7, 11) is 2.16. The number of likely N-dealkylation sites (N-methyl/N-ethyl adjacent to an activating group) is 1. The quantitative estimate of drug-likeness (QED) is 0.421. The molecule has 0 aliphatic carbocycles. The first-order valence-corrected chi connectivity index (χ1v) is 12.3. The minimum atomic E-state index is -0.493. The topological polar surface area (TPSA) is 77.8 Å². The van der Waals surface area contributed by atoms with Crippen LogP contribution in [0.2, 0.25) is 0 Å². The number of carbonyl (C=O) groups is 1. The second kappa shape index (κ2) is 9.62. The zero-order valence-electron chi connectivity index (χ0n) is 21.3. The van der Waals surface area contributed by atoms with E-state index >= 15 is 0 Å². The number of amides is 1. The van der Waals surface area contributed by atoms with Crippen LogP contribution in [0, 0.1) is 5.41 Å². The molecule has 0 spiro atoms. The summed E-state index contributed by atoms with van der Waals surface area (Å²) in [4.78, 5) is 21.9. The van der Waals surface area contributed by atoms with Gasteiger partial charge >= 0.3 is 0 Å². The van der Waals surface area contributed by atoms with Crippen LogP contribution in [0.4, 0.5) is 23.0 Å². The number of para-hydroxylation sites is 1. The standard InChI is InChI=1S/C28H33N7O/c1-28(2,3)26(36)31-24-8-6-5-7-23(24)25-14-13-22-19-29-27(32-35(22)25)30-20-9-11-21(12-10-20)34-17-15-33(4)16-18-34/h5-14,19H,15-18H2,1-4H3,(H,30,32)(H,31,36). The van der Waals surface area contributed by atoms with Gasteiger partial charge in [-0.15, -0.1) is 5.10 Å². The molecule has 5 rings (SSSR count). The maximum absolute atomic E-state index is 12.7. The summed E-state index contributed by atoms with van der Waals surface area (Å²) >= 11 is 0. The molecule has 36 heavy (non-hydrogen) atoms. The van der Waals surface area contributed by atoms with Crippen LogP contribution in [0.15, 0.2) is 66.9 Å². The minimum Gasteiger partial charge on any atom is -0.369 e. The van der Waals surface area contributed by atoms with Gasteiger partial charge in [-0.2, -0.15) is 0 Å². The van der Waals surface area contributed by atoms with Crippen molar-refractivity contribution in [2.75, 3.05) is 48.8 Å². The molecule has 0 saturated carbocycles. The van der Waals surface area contributed by atoms with Crippen molar-refractivity contribution in [2.45, 2.75) is 20.8 Å². The summed E-state index contributed by atoms with van der Waals surface area (Å²) in [5.41, 5.74) is 5.07. The van der Waals surface area contributed by atoms with E-state index in [1.165, 1.54) is 5.69 Å². The fourth-order valence-electron chi connectivity index (χ4n) is 4.24. The van der Waals surface area contributed by atoms with E-state index in [1.807, 2.05) is 61.7 Å². The number of piperazine rings is 1. The largest absolute Gasteiger partial charge is 0.369 e. The molecule has 0 bridgehead atoms. The number of hydrogen-bond acceptors (Lipinski definition) is 6. The van der Waals surface area contributed by atoms with Crippen molar-refractivity contribution in [3.05, 3.63) is 66.9 Å². The van der Waals surface area contributed by atoms with Gasteiger partial charge in [0.25, 0.3) is 0 Å². The SMILES string of the molecule is CN1CCN(c2ccc(Nc3ncc4ccc(-c5ccccc5NC(=O)C(C)(C)C)n4n3)cc2)CC1. The van der Waals surface area contributed by atoms with Gasteiger partial charge in [-0.25, -0.2) is 9.50 Å². The lowest BCUT2D eigenvalue weighted by Crippen LogP contribution is -2.44. The number of nitrogens with zero attached hydrogens (tertiary/aromatic N) is 5. The van der Waals surface area contributed by atoms with Crippen LogP contribution >= 0.6 is 0 Å². The molecule has 8 nitrogen and oxygen atoms in total. The van der Waals surface area contributed by atoms with Gasteiger partial charge in [-0.3, -0.25) is 4.79 Å². The molecule has 1 saturated heterocycles. The fraction of sp³-hybridized carbons (Fsp3) is 0.321. The third-order valence-electron chi connectivity index (χ3n) is 6.52. The van der Waals surface area contributed by atoms with Crippen LogP contribution in [0.3, 0.4) is 0 Å². The number of anilines is 4. The van der Waals surface area contributed by atoms with Gasteiger partial charge in [0.1, 0.15) is 0 Å². The van der Waals surface area contributed by atoms with Crippen LogP contribution in [0.1, 0.15) is 20.8 Å². The predicted octanol–water partition coefficient (Wildman–Crippen LogP) is 4.88. The Hall–Kier alpha value is -3.91. The summed E-state index contributed by atoms with van der Waals surface area (Å²) in [6, 6.07) is 20.2. The molecule has 0 unspecified atom stereocenters. The summed E-state index contributed by atoms with van der Waals surface area (Å²) in [5.74, 6) is 0.469. The van der Waals surface area contributed by atoms with E-state index in [-0.39, 0.29) is 5.91 Å². The minimum absolute atomic E-state index is 0.0344. The number of hydrogen-bond donors (Lipinski definition) is 2. The number of fused-ring (bicyclic) bond motifs is 1. The normalized spacial score (nSPS) is 14.7. The molecular formula is C28H33N7O. The first-order valence-electron chi connectivity index (χ1n) is 12.3. The van der Waals surface area contributed by atoms with E-state index in [4.69, 9.17) is 5.10 Å². The molecule has 3 heterocycles. The zero-order chi connectivity index (χ0) is 25.3. The molecule has 1 aliphatic heterocycles. The van der Waals surface area contributed by atoms with E-state index in [1.54, 1.807) is 6.20 Å². The first kappa shape index (κ1) is 23.8. The Bertz CT molecular complexity index is 1360. The van der Waals surface area contributed by atoms with Crippen molar-refractivity contribution >= 4 is 34.4 Å². The molecule has 1 amide bonds. The van der Waals surface area contributed by atoms with Crippen LogP contribution < -0.4 is 15.5 Å². The summed E-state index contributed by atoms with van der Waals surface area (Å²) in [6.45, 7) is 9.95. The predicted molar refractivity (Wildman–Crippen MR) is 146 cm³/mol. The van der Waals surface area contributed by atoms with Gasteiger partial charge in [0, 0.05) is 48.5 Å². The van der Waals surface area contributed by atoms with Crippen molar-refractivity contribution in [3.8, 4) is 11.3 Å². The van der Waals surface area contributed by atoms with Gasteiger partial charge in [0.05, 0.1) is 23.1 Å². The van der Waals surface area contributed by atoms with Crippen LogP contribution in [0.5, 0.6) is 0 Å². The average Bonchev–Trinajstić information content (AvgIpc) is 3.28. The lowest BCUT2D eigenvalue weighted by Gasteiger charge is -2.34. The maximum Gasteiger partial charge on any atom is 0.245 e. The summed E-state index contributed by atoms with van der Waals surface area (Å²) < 4.78 is 1.86. The van der Waals surface area contributed by atoms with Crippen molar-refractivity contribution in [1.82, 2.24) is 19.5 Å². The number of benzene rings is 2. The molecule has 2 N–H and O–H groups in total. The highest BCUT2D eigenvalue weighted by molar-refractivity contribution is 5.98. The van der Waals surface area contributed by atoms with Gasteiger partial charge in [0.2, 0.25) is 11.9 Å². The molecule has 4 aromatic rings. The maximum atomic E-state index is 12.7. The average molecular weight is 484 g/mol. The zero-order valence-corrected chi connectivity index (χ0v) is 21.3. The Morgan fingerprint density at radius 2 is 1.64 bits per heavy atom. The van der Waals surface area contributed by atoms with Gasteiger partial charge in [-0.1, -0.05) is 39.0 Å². The molecular weight excluding hydrogens is 450 g/mol. The van der Waals surface area contributed by atoms with E-state index in [0.717, 1.165) is 54.3 Å². The lowest BCUT2D eigenvalue weighted by atomic mass is 9.95. The Balaban J connectivity index is 1.39. The number of carbonyl (C=O) groups excluding carboxylic acids is 1. The number of rotatable bonds is 5. The molecule has 1 aliphatic rings. The lowest BCUT2D eigenvalue weighted by molar-refractivity contribution is -0.123. The van der Waals surface area contributed by atoms with E-state index in [0.29, 0.717) is 5.95 Å². The van der Waals surface area contributed by atoms with Gasteiger partial charge in [-0.05, 0) is 49.5 Å². The molecule has 8 heteroatoms. The third-order valence-corrected chi connectivity index (χ3v) is 6.52. The van der Waals surface area contributed by atoms with Crippen molar-refractivity contribution in [3.63, 3.8) is 0 Å². The van der Waals surface area contributed by atoms with Crippen LogP contribution in [-0.4, -0.2) is 58.6 Å². The highest BCUT2D eigenvalue weighted by Crippen LogP contribution is 2.31. The molecule has 2 aromatic heterocycles. The number of nitrogens with one attached hydrogen (secondary N) is 2. The Kier molecular flexibility index (Phi) is 6.36. The van der Waals surface area contributed by atoms with E-state index in [9.17, 15) is 4.79 Å². The van der Waals surface area contributed by atoms with Crippen LogP contribution in [-0.2, 0) is 4.79 Å². The smallest absolute Gasteiger partial charge is 0.245 e. The Morgan fingerprint density at radius 3 is 2.36 bits per heavy atom. The molecule has 0 atom stereocenters. The molecule has 1 fully saturated rings. The second-order valence-electron chi connectivity index (χ2n) is 10.3. The summed E-state index contributed by atoms with van der Waals surface area (Å²) in [6.07, 6.45) is 1.80. The highest BCUT2D eigenvalue weighted by atomic mass is 16.2. The summed E-state index contributed by atoms with van der Waals surface area (Å²) in [5, 5.41) is 11.2. The third kappa shape index (κ3) is 5.04. The van der Waals surface area contributed by atoms with Crippen molar-refractivity contribution in [2.24, 2.45) is 5.41 Å². The van der Waals surface area contributed by atoms with Crippen molar-refractivity contribution < 1.29 is 4.79 Å². The molecule has 2 aromatic carbocycles. The molecule has 0 radical (unpaired) electrons. The Morgan fingerprint density at radius 1 is 0.917 bits per heavy atom. The first-order chi connectivity index (χ1) is 17.3. The van der Waals surface area contributed by atoms with E-state index in [2.05, 4.69) is 56.7 Å². The monoisotopic (exact) mass is 483 g/mol. The fourth-order valence-corrected chi connectivity index (χ4v) is 4.24. The molecule has 186 valence electrons. The van der Waals surface area contributed by atoms with Crippen LogP contribution in [0.25, 0.3) is 16.8 Å². The van der Waals surface area contributed by atoms with Gasteiger partial charge in [0.15, 0.2) is 0 Å². The highest BCUT2D eigenvalue weighted by Gasteiger charge is 2.23. The van der Waals surface area contributed by atoms with E-state index < -0.39 is 5.41 Å². The van der Waals surface area contributed by atoms with Crippen molar-refractivity contribution in [1.29, 1.82) is 0 Å². The van der Waals surface area contributed by atoms with Gasteiger partial charge < -0.3 is 20.4 Å². The Labute approximate surface area is 211 Å². The second-order valence-corrected chi connectivity index (χ2v) is 10.3. The number of aromatic nitrogens is 3.